The zero-order valence-electron chi connectivity index (χ0n) is 9.60. The second kappa shape index (κ2) is 6.12. The third-order valence-electron chi connectivity index (χ3n) is 2.31. The minimum absolute atomic E-state index is 0.259. The van der Waals surface area contributed by atoms with E-state index in [2.05, 4.69) is 10.6 Å². The Balaban J connectivity index is 2.54. The summed E-state index contributed by atoms with van der Waals surface area (Å²) in [5.41, 5.74) is 0.798. The predicted octanol–water partition coefficient (Wildman–Crippen LogP) is 1.43. The Kier molecular flexibility index (Phi) is 4.79. The molecule has 0 bridgehead atoms. The van der Waals surface area contributed by atoms with Crippen LogP contribution in [0.4, 0.5) is 4.79 Å². The zero-order chi connectivity index (χ0) is 12.0. The van der Waals surface area contributed by atoms with Crippen LogP contribution in [0.2, 0.25) is 0 Å². The minimum atomic E-state index is -0.691. The number of nitrogens with one attached hydrogen (secondary N) is 2. The Labute approximate surface area is 95.7 Å². The van der Waals surface area contributed by atoms with Gasteiger partial charge in [-0.3, -0.25) is 0 Å². The Morgan fingerprint density at radius 2 is 2.00 bits per heavy atom. The van der Waals surface area contributed by atoms with Crippen molar-refractivity contribution < 1.29 is 9.90 Å². The summed E-state index contributed by atoms with van der Waals surface area (Å²) < 4.78 is 0. The Morgan fingerprint density at radius 1 is 1.38 bits per heavy atom. The first kappa shape index (κ1) is 12.5. The maximum absolute atomic E-state index is 11.3. The quantitative estimate of drug-likeness (QED) is 0.721. The summed E-state index contributed by atoms with van der Waals surface area (Å²) in [6.45, 7) is 4.19. The largest absolute Gasteiger partial charge is 0.386 e. The Hall–Kier alpha value is -1.55. The molecule has 2 amide bonds. The van der Waals surface area contributed by atoms with Crippen LogP contribution in [0.25, 0.3) is 0 Å². The zero-order valence-corrected chi connectivity index (χ0v) is 9.60. The second-order valence-electron chi connectivity index (χ2n) is 3.65. The number of benzene rings is 1. The normalized spacial score (nSPS) is 13.9. The van der Waals surface area contributed by atoms with Crippen LogP contribution < -0.4 is 10.6 Å². The van der Waals surface area contributed by atoms with E-state index < -0.39 is 6.10 Å². The molecule has 0 radical (unpaired) electrons. The lowest BCUT2D eigenvalue weighted by atomic mass is 10.0. The second-order valence-corrected chi connectivity index (χ2v) is 3.65. The van der Waals surface area contributed by atoms with Gasteiger partial charge in [-0.05, 0) is 19.4 Å². The van der Waals surface area contributed by atoms with E-state index in [0.29, 0.717) is 6.54 Å². The molecule has 0 heterocycles. The number of hydrogen-bond acceptors (Lipinski definition) is 2. The van der Waals surface area contributed by atoms with E-state index in [1.54, 1.807) is 6.92 Å². The summed E-state index contributed by atoms with van der Waals surface area (Å²) in [6, 6.07) is 8.69. The molecule has 0 aliphatic heterocycles. The first-order valence-electron chi connectivity index (χ1n) is 5.42. The average molecular weight is 222 g/mol. The van der Waals surface area contributed by atoms with Crippen LogP contribution in [0, 0.1) is 0 Å². The molecule has 4 nitrogen and oxygen atoms in total. The number of aliphatic hydroxyl groups excluding tert-OH is 1. The number of amides is 2. The van der Waals surface area contributed by atoms with Crippen molar-refractivity contribution in [2.24, 2.45) is 0 Å². The van der Waals surface area contributed by atoms with Crippen LogP contribution in [0.3, 0.4) is 0 Å². The van der Waals surface area contributed by atoms with Crippen LogP contribution >= 0.6 is 0 Å². The SMILES string of the molecule is CCNC(=O)NC(C)C(O)c1ccccc1. The lowest BCUT2D eigenvalue weighted by molar-refractivity contribution is 0.137. The summed E-state index contributed by atoms with van der Waals surface area (Å²) in [5.74, 6) is 0. The molecule has 0 spiro atoms. The summed E-state index contributed by atoms with van der Waals surface area (Å²) >= 11 is 0. The molecule has 88 valence electrons. The highest BCUT2D eigenvalue weighted by Crippen LogP contribution is 2.15. The molecule has 0 aliphatic carbocycles. The lowest BCUT2D eigenvalue weighted by Crippen LogP contribution is -2.43. The monoisotopic (exact) mass is 222 g/mol. The van der Waals surface area contributed by atoms with Gasteiger partial charge in [-0.1, -0.05) is 30.3 Å². The highest BCUT2D eigenvalue weighted by Gasteiger charge is 2.17. The van der Waals surface area contributed by atoms with Crippen molar-refractivity contribution in [1.82, 2.24) is 10.6 Å². The van der Waals surface area contributed by atoms with Gasteiger partial charge in [-0.25, -0.2) is 4.79 Å². The molecule has 2 unspecified atom stereocenters. The van der Waals surface area contributed by atoms with E-state index in [4.69, 9.17) is 0 Å². The van der Waals surface area contributed by atoms with Crippen molar-refractivity contribution >= 4 is 6.03 Å². The highest BCUT2D eigenvalue weighted by molar-refractivity contribution is 5.74. The molecule has 0 saturated heterocycles. The highest BCUT2D eigenvalue weighted by atomic mass is 16.3. The fourth-order valence-corrected chi connectivity index (χ4v) is 1.44. The number of hydrogen-bond donors (Lipinski definition) is 3. The van der Waals surface area contributed by atoms with Gasteiger partial charge in [0, 0.05) is 6.54 Å². The fraction of sp³-hybridized carbons (Fsp3) is 0.417. The number of urea groups is 1. The van der Waals surface area contributed by atoms with Crippen molar-refractivity contribution in [3.63, 3.8) is 0 Å². The lowest BCUT2D eigenvalue weighted by Gasteiger charge is -2.20. The fourth-order valence-electron chi connectivity index (χ4n) is 1.44. The van der Waals surface area contributed by atoms with E-state index >= 15 is 0 Å². The van der Waals surface area contributed by atoms with Crippen molar-refractivity contribution in [1.29, 1.82) is 0 Å². The summed E-state index contributed by atoms with van der Waals surface area (Å²) in [4.78, 5) is 11.3. The van der Waals surface area contributed by atoms with Crippen LogP contribution in [-0.2, 0) is 0 Å². The maximum Gasteiger partial charge on any atom is 0.315 e. The van der Waals surface area contributed by atoms with Gasteiger partial charge in [0.25, 0.3) is 0 Å². The summed E-state index contributed by atoms with van der Waals surface area (Å²) in [5, 5.41) is 15.3. The minimum Gasteiger partial charge on any atom is -0.386 e. The standard InChI is InChI=1S/C12H18N2O2/c1-3-13-12(16)14-9(2)11(15)10-7-5-4-6-8-10/h4-9,11,15H,3H2,1-2H3,(H2,13,14,16). The van der Waals surface area contributed by atoms with Crippen LogP contribution in [0.15, 0.2) is 30.3 Å². The third kappa shape index (κ3) is 3.55. The van der Waals surface area contributed by atoms with Crippen LogP contribution in [0.5, 0.6) is 0 Å². The average Bonchev–Trinajstić information content (AvgIpc) is 2.29. The van der Waals surface area contributed by atoms with E-state index in [9.17, 15) is 9.90 Å². The number of carbonyl (C=O) groups excluding carboxylic acids is 1. The molecule has 16 heavy (non-hydrogen) atoms. The summed E-state index contributed by atoms with van der Waals surface area (Å²) in [7, 11) is 0. The van der Waals surface area contributed by atoms with Gasteiger partial charge in [-0.2, -0.15) is 0 Å². The van der Waals surface area contributed by atoms with E-state index in [-0.39, 0.29) is 12.1 Å². The van der Waals surface area contributed by atoms with Crippen LogP contribution in [-0.4, -0.2) is 23.7 Å². The van der Waals surface area contributed by atoms with Gasteiger partial charge in [0.2, 0.25) is 0 Å². The molecule has 2 atom stereocenters. The molecule has 0 fully saturated rings. The molecule has 0 saturated carbocycles. The van der Waals surface area contributed by atoms with E-state index in [1.165, 1.54) is 0 Å². The molecule has 1 aromatic carbocycles. The van der Waals surface area contributed by atoms with Crippen molar-refractivity contribution in [3.8, 4) is 0 Å². The van der Waals surface area contributed by atoms with Gasteiger partial charge in [-0.15, -0.1) is 0 Å². The molecular formula is C12H18N2O2. The van der Waals surface area contributed by atoms with Gasteiger partial charge < -0.3 is 15.7 Å². The third-order valence-corrected chi connectivity index (χ3v) is 2.31. The van der Waals surface area contributed by atoms with Crippen molar-refractivity contribution in [2.75, 3.05) is 6.54 Å². The topological polar surface area (TPSA) is 61.4 Å². The molecule has 1 aromatic rings. The number of aliphatic hydroxyl groups is 1. The smallest absolute Gasteiger partial charge is 0.315 e. The molecule has 3 N–H and O–H groups in total. The summed E-state index contributed by atoms with van der Waals surface area (Å²) in [6.07, 6.45) is -0.691. The Bertz CT molecular complexity index is 327. The molecule has 1 rings (SSSR count). The van der Waals surface area contributed by atoms with Gasteiger partial charge in [0.1, 0.15) is 0 Å². The maximum atomic E-state index is 11.3. The first-order valence-corrected chi connectivity index (χ1v) is 5.42. The van der Waals surface area contributed by atoms with Gasteiger partial charge in [0.15, 0.2) is 0 Å². The number of carbonyl (C=O) groups is 1. The van der Waals surface area contributed by atoms with Crippen LogP contribution in [0.1, 0.15) is 25.5 Å². The van der Waals surface area contributed by atoms with Gasteiger partial charge in [0.05, 0.1) is 12.1 Å². The number of rotatable bonds is 4. The van der Waals surface area contributed by atoms with Gasteiger partial charge >= 0.3 is 6.03 Å². The molecule has 4 heteroatoms. The Morgan fingerprint density at radius 3 is 2.56 bits per heavy atom. The van der Waals surface area contributed by atoms with E-state index in [1.807, 2.05) is 37.3 Å². The molecule has 0 aromatic heterocycles. The predicted molar refractivity (Wildman–Crippen MR) is 63.1 cm³/mol. The van der Waals surface area contributed by atoms with Crippen molar-refractivity contribution in [3.05, 3.63) is 35.9 Å². The van der Waals surface area contributed by atoms with E-state index in [0.717, 1.165) is 5.56 Å². The van der Waals surface area contributed by atoms with Crippen molar-refractivity contribution in [2.45, 2.75) is 26.0 Å². The first-order chi connectivity index (χ1) is 7.65. The molecule has 0 aliphatic rings. The molecular weight excluding hydrogens is 204 g/mol.